The molecule has 1 aliphatic carbocycles. The third-order valence-electron chi connectivity index (χ3n) is 4.63. The van der Waals surface area contributed by atoms with Gasteiger partial charge in [-0.25, -0.2) is 4.98 Å². The molecule has 1 N–H and O–H groups in total. The van der Waals surface area contributed by atoms with Crippen molar-refractivity contribution < 1.29 is 14.3 Å². The second-order valence-electron chi connectivity index (χ2n) is 7.43. The van der Waals surface area contributed by atoms with E-state index in [9.17, 15) is 9.59 Å². The summed E-state index contributed by atoms with van der Waals surface area (Å²) >= 11 is 5.73. The van der Waals surface area contributed by atoms with E-state index in [1.54, 1.807) is 12.1 Å². The lowest BCUT2D eigenvalue weighted by Gasteiger charge is -2.36. The highest BCUT2D eigenvalue weighted by atomic mass is 35.5. The largest absolute Gasteiger partial charge is 0.455 e. The zero-order valence-corrected chi connectivity index (χ0v) is 15.2. The van der Waals surface area contributed by atoms with Crippen molar-refractivity contribution >= 4 is 29.3 Å². The first-order valence-corrected chi connectivity index (χ1v) is 8.71. The average molecular weight is 353 g/mol. The number of carbonyl (C=O) groups excluding carboxylic acids is 2. The van der Waals surface area contributed by atoms with E-state index >= 15 is 0 Å². The maximum atomic E-state index is 12.1. The number of hydrogen-bond acceptors (Lipinski definition) is 4. The first kappa shape index (κ1) is 18.7. The van der Waals surface area contributed by atoms with Crippen molar-refractivity contribution in [3.63, 3.8) is 0 Å². The lowest BCUT2D eigenvalue weighted by atomic mass is 9.70. The Balaban J connectivity index is 1.73. The zero-order chi connectivity index (χ0) is 17.7. The van der Waals surface area contributed by atoms with Crippen LogP contribution in [0.2, 0.25) is 5.02 Å². The van der Waals surface area contributed by atoms with Crippen LogP contribution in [0.3, 0.4) is 0 Å². The van der Waals surface area contributed by atoms with Crippen molar-refractivity contribution in [2.75, 3.05) is 11.9 Å². The quantitative estimate of drug-likeness (QED) is 0.829. The van der Waals surface area contributed by atoms with Crippen molar-refractivity contribution in [1.29, 1.82) is 0 Å². The van der Waals surface area contributed by atoms with Gasteiger partial charge in [-0.3, -0.25) is 9.59 Å². The predicted octanol–water partition coefficient (Wildman–Crippen LogP) is 4.07. The Morgan fingerprint density at radius 3 is 2.46 bits per heavy atom. The van der Waals surface area contributed by atoms with Gasteiger partial charge in [0.15, 0.2) is 6.61 Å². The van der Waals surface area contributed by atoms with Gasteiger partial charge in [0.25, 0.3) is 5.91 Å². The van der Waals surface area contributed by atoms with Crippen molar-refractivity contribution in [2.24, 2.45) is 17.3 Å². The number of amides is 1. The maximum absolute atomic E-state index is 12.1. The van der Waals surface area contributed by atoms with Crippen LogP contribution in [0.15, 0.2) is 18.3 Å². The number of aromatic nitrogens is 1. The molecule has 132 valence electrons. The molecule has 0 atom stereocenters. The molecular formula is C18H25ClN2O3. The summed E-state index contributed by atoms with van der Waals surface area (Å²) < 4.78 is 5.16. The molecule has 1 saturated carbocycles. The van der Waals surface area contributed by atoms with E-state index in [0.717, 1.165) is 25.7 Å². The van der Waals surface area contributed by atoms with E-state index in [0.29, 0.717) is 16.8 Å². The summed E-state index contributed by atoms with van der Waals surface area (Å²) in [5.41, 5.74) is 0.278. The van der Waals surface area contributed by atoms with Gasteiger partial charge in [-0.1, -0.05) is 32.4 Å². The van der Waals surface area contributed by atoms with Crippen molar-refractivity contribution in [2.45, 2.75) is 46.5 Å². The molecule has 0 saturated heterocycles. The summed E-state index contributed by atoms with van der Waals surface area (Å²) in [6.45, 7) is 6.44. The molecule has 0 spiro atoms. The molecule has 0 unspecified atom stereocenters. The minimum Gasteiger partial charge on any atom is -0.455 e. The summed E-state index contributed by atoms with van der Waals surface area (Å²) in [6.07, 6.45) is 5.17. The number of ether oxygens (including phenoxy) is 1. The standard InChI is InChI=1S/C18H25ClN2O3/c1-18(2,3)13-6-4-12(5-7-13)17(23)24-11-16(22)21-15-9-8-14(19)10-20-15/h8-10,12-13H,4-7,11H2,1-3H3,(H,20,21,22). The highest BCUT2D eigenvalue weighted by molar-refractivity contribution is 6.30. The zero-order valence-electron chi connectivity index (χ0n) is 14.5. The third kappa shape index (κ3) is 5.48. The van der Waals surface area contributed by atoms with Crippen LogP contribution in [0.4, 0.5) is 5.82 Å². The fourth-order valence-electron chi connectivity index (χ4n) is 3.08. The fraction of sp³-hybridized carbons (Fsp3) is 0.611. The molecule has 5 nitrogen and oxygen atoms in total. The van der Waals surface area contributed by atoms with E-state index in [1.165, 1.54) is 6.20 Å². The number of pyridine rings is 1. The number of nitrogens with one attached hydrogen (secondary N) is 1. The third-order valence-corrected chi connectivity index (χ3v) is 4.85. The van der Waals surface area contributed by atoms with Crippen molar-refractivity contribution in [3.05, 3.63) is 23.4 Å². The molecule has 0 bridgehead atoms. The lowest BCUT2D eigenvalue weighted by molar-refractivity contribution is -0.153. The van der Waals surface area contributed by atoms with Gasteiger partial charge in [0, 0.05) is 6.20 Å². The summed E-state index contributed by atoms with van der Waals surface area (Å²) in [6, 6.07) is 3.22. The molecule has 1 aromatic rings. The average Bonchev–Trinajstić information content (AvgIpc) is 2.54. The minimum atomic E-state index is -0.401. The Morgan fingerprint density at radius 1 is 1.25 bits per heavy atom. The van der Waals surface area contributed by atoms with Gasteiger partial charge < -0.3 is 10.1 Å². The summed E-state index contributed by atoms with van der Waals surface area (Å²) in [5, 5.41) is 3.06. The van der Waals surface area contributed by atoms with E-state index in [4.69, 9.17) is 16.3 Å². The molecule has 0 aliphatic heterocycles. The number of anilines is 1. The van der Waals surface area contributed by atoms with Crippen LogP contribution in [0.25, 0.3) is 0 Å². The van der Waals surface area contributed by atoms with Crippen LogP contribution >= 0.6 is 11.6 Å². The molecule has 1 aliphatic rings. The van der Waals surface area contributed by atoms with Crippen LogP contribution in [0.1, 0.15) is 46.5 Å². The molecule has 2 rings (SSSR count). The Morgan fingerprint density at radius 2 is 1.92 bits per heavy atom. The normalized spacial score (nSPS) is 21.2. The van der Waals surface area contributed by atoms with Gasteiger partial charge >= 0.3 is 5.97 Å². The summed E-state index contributed by atoms with van der Waals surface area (Å²) in [5.74, 6) is 0.250. The second kappa shape index (κ2) is 7.97. The number of carbonyl (C=O) groups is 2. The number of rotatable bonds is 4. The van der Waals surface area contributed by atoms with Gasteiger partial charge in [-0.15, -0.1) is 0 Å². The monoisotopic (exact) mass is 352 g/mol. The van der Waals surface area contributed by atoms with E-state index in [1.807, 2.05) is 0 Å². The Hall–Kier alpha value is -1.62. The minimum absolute atomic E-state index is 0.0925. The van der Waals surface area contributed by atoms with Crippen LogP contribution < -0.4 is 5.32 Å². The molecule has 1 fully saturated rings. The van der Waals surface area contributed by atoms with Crippen LogP contribution in [-0.4, -0.2) is 23.5 Å². The predicted molar refractivity (Wildman–Crippen MR) is 93.7 cm³/mol. The van der Waals surface area contributed by atoms with Crippen LogP contribution in [-0.2, 0) is 14.3 Å². The van der Waals surface area contributed by atoms with Gasteiger partial charge in [0.05, 0.1) is 10.9 Å². The smallest absolute Gasteiger partial charge is 0.309 e. The topological polar surface area (TPSA) is 68.3 Å². The van der Waals surface area contributed by atoms with Crippen LogP contribution in [0, 0.1) is 17.3 Å². The van der Waals surface area contributed by atoms with Crippen LogP contribution in [0.5, 0.6) is 0 Å². The summed E-state index contributed by atoms with van der Waals surface area (Å²) in [7, 11) is 0. The first-order chi connectivity index (χ1) is 11.3. The van der Waals surface area contributed by atoms with Crippen molar-refractivity contribution in [3.8, 4) is 0 Å². The molecule has 0 aromatic carbocycles. The first-order valence-electron chi connectivity index (χ1n) is 8.34. The number of hydrogen-bond donors (Lipinski definition) is 1. The van der Waals surface area contributed by atoms with E-state index in [2.05, 4.69) is 31.1 Å². The lowest BCUT2D eigenvalue weighted by Crippen LogP contribution is -2.31. The SMILES string of the molecule is CC(C)(C)C1CCC(C(=O)OCC(=O)Nc2ccc(Cl)cn2)CC1. The highest BCUT2D eigenvalue weighted by Gasteiger charge is 2.33. The molecule has 1 amide bonds. The molecule has 1 heterocycles. The van der Waals surface area contributed by atoms with Gasteiger partial charge in [0.2, 0.25) is 0 Å². The van der Waals surface area contributed by atoms with Crippen molar-refractivity contribution in [1.82, 2.24) is 4.98 Å². The molecule has 1 aromatic heterocycles. The molecule has 0 radical (unpaired) electrons. The van der Waals surface area contributed by atoms with E-state index < -0.39 is 5.91 Å². The van der Waals surface area contributed by atoms with E-state index in [-0.39, 0.29) is 23.9 Å². The highest BCUT2D eigenvalue weighted by Crippen LogP contribution is 2.40. The molecule has 6 heteroatoms. The van der Waals surface area contributed by atoms with Gasteiger partial charge in [0.1, 0.15) is 5.82 Å². The van der Waals surface area contributed by atoms with Gasteiger partial charge in [-0.05, 0) is 49.1 Å². The number of esters is 1. The second-order valence-corrected chi connectivity index (χ2v) is 7.87. The number of halogens is 1. The Bertz CT molecular complexity index is 573. The Kier molecular flexibility index (Phi) is 6.21. The summed E-state index contributed by atoms with van der Waals surface area (Å²) in [4.78, 5) is 27.9. The molecular weight excluding hydrogens is 328 g/mol. The van der Waals surface area contributed by atoms with Gasteiger partial charge in [-0.2, -0.15) is 0 Å². The fourth-order valence-corrected chi connectivity index (χ4v) is 3.19. The number of nitrogens with zero attached hydrogens (tertiary/aromatic N) is 1. The molecule has 24 heavy (non-hydrogen) atoms. The maximum Gasteiger partial charge on any atom is 0.309 e. The Labute approximate surface area is 148 Å².